The summed E-state index contributed by atoms with van der Waals surface area (Å²) in [7, 11) is 3.19. The number of benzene rings is 1. The van der Waals surface area contributed by atoms with E-state index in [2.05, 4.69) is 11.9 Å². The Balaban J connectivity index is 1.79. The SMILES string of the molecule is CC[C@H]1CN(Cl)CCC1CCC(=O)c1ccnc2cc(OC)c(OC)cc12. The smallest absolute Gasteiger partial charge is 0.163 e. The summed E-state index contributed by atoms with van der Waals surface area (Å²) >= 11 is 6.17. The zero-order chi connectivity index (χ0) is 19.4. The molecule has 1 fully saturated rings. The number of ketones is 1. The number of carbonyl (C=O) groups excluding carboxylic acids is 1. The van der Waals surface area contributed by atoms with Gasteiger partial charge in [0.25, 0.3) is 0 Å². The third-order valence-corrected chi connectivity index (χ3v) is 5.96. The molecule has 5 nitrogen and oxygen atoms in total. The number of pyridine rings is 1. The topological polar surface area (TPSA) is 51.7 Å². The molecule has 2 heterocycles. The predicted octanol–water partition coefficient (Wildman–Crippen LogP) is 4.72. The van der Waals surface area contributed by atoms with Crippen molar-refractivity contribution in [1.29, 1.82) is 0 Å². The van der Waals surface area contributed by atoms with Gasteiger partial charge in [-0.15, -0.1) is 0 Å². The van der Waals surface area contributed by atoms with Crippen molar-refractivity contribution in [3.05, 3.63) is 30.0 Å². The third-order valence-electron chi connectivity index (χ3n) is 5.66. The van der Waals surface area contributed by atoms with Gasteiger partial charge in [0, 0.05) is 42.7 Å². The van der Waals surface area contributed by atoms with Crippen molar-refractivity contribution >= 4 is 28.5 Å². The molecular weight excluding hydrogens is 364 g/mol. The molecule has 0 amide bonds. The van der Waals surface area contributed by atoms with Crippen LogP contribution in [0.15, 0.2) is 24.4 Å². The summed E-state index contributed by atoms with van der Waals surface area (Å²) < 4.78 is 12.6. The van der Waals surface area contributed by atoms with Crippen molar-refractivity contribution in [3.63, 3.8) is 0 Å². The number of carbonyl (C=O) groups is 1. The van der Waals surface area contributed by atoms with E-state index in [0.29, 0.717) is 35.3 Å². The van der Waals surface area contributed by atoms with Crippen molar-refractivity contribution in [3.8, 4) is 11.5 Å². The lowest BCUT2D eigenvalue weighted by Gasteiger charge is -2.34. The summed E-state index contributed by atoms with van der Waals surface area (Å²) in [6.07, 6.45) is 5.27. The van der Waals surface area contributed by atoms with Gasteiger partial charge in [0.1, 0.15) is 0 Å². The van der Waals surface area contributed by atoms with Crippen molar-refractivity contribution in [2.24, 2.45) is 11.8 Å². The molecule has 1 saturated heterocycles. The molecule has 3 rings (SSSR count). The summed E-state index contributed by atoms with van der Waals surface area (Å²) in [6, 6.07) is 5.46. The third kappa shape index (κ3) is 4.36. The molecule has 6 heteroatoms. The molecule has 1 aliphatic rings. The Morgan fingerprint density at radius 2 is 2.00 bits per heavy atom. The van der Waals surface area contributed by atoms with Crippen molar-refractivity contribution < 1.29 is 14.3 Å². The lowest BCUT2D eigenvalue weighted by atomic mass is 9.81. The average Bonchev–Trinajstić information content (AvgIpc) is 2.70. The Morgan fingerprint density at radius 3 is 2.70 bits per heavy atom. The number of hydrogen-bond acceptors (Lipinski definition) is 5. The quantitative estimate of drug-likeness (QED) is 0.506. The van der Waals surface area contributed by atoms with Crippen LogP contribution in [0.5, 0.6) is 11.5 Å². The Bertz CT molecular complexity index is 811. The van der Waals surface area contributed by atoms with Crippen LogP contribution in [0.2, 0.25) is 0 Å². The zero-order valence-electron chi connectivity index (χ0n) is 16.2. The largest absolute Gasteiger partial charge is 0.493 e. The highest BCUT2D eigenvalue weighted by Crippen LogP contribution is 2.34. The average molecular weight is 391 g/mol. The van der Waals surface area contributed by atoms with E-state index in [1.807, 2.05) is 16.6 Å². The molecule has 27 heavy (non-hydrogen) atoms. The molecule has 2 atom stereocenters. The Kier molecular flexibility index (Phi) is 6.55. The number of methoxy groups -OCH3 is 2. The second-order valence-corrected chi connectivity index (χ2v) is 7.61. The van der Waals surface area contributed by atoms with Crippen molar-refractivity contribution in [2.75, 3.05) is 27.3 Å². The number of hydrogen-bond donors (Lipinski definition) is 0. The molecule has 1 unspecified atom stereocenters. The van der Waals surface area contributed by atoms with E-state index in [4.69, 9.17) is 21.3 Å². The first-order chi connectivity index (χ1) is 13.1. The first-order valence-corrected chi connectivity index (χ1v) is 9.85. The minimum absolute atomic E-state index is 0.151. The molecule has 0 aliphatic carbocycles. The lowest BCUT2D eigenvalue weighted by molar-refractivity contribution is 0.0954. The van der Waals surface area contributed by atoms with Gasteiger partial charge in [-0.3, -0.25) is 9.78 Å². The summed E-state index contributed by atoms with van der Waals surface area (Å²) in [4.78, 5) is 17.4. The molecule has 0 N–H and O–H groups in total. The van der Waals surface area contributed by atoms with Gasteiger partial charge >= 0.3 is 0 Å². The summed E-state index contributed by atoms with van der Waals surface area (Å²) in [5.41, 5.74) is 1.43. The molecule has 2 aromatic rings. The fourth-order valence-corrected chi connectivity index (χ4v) is 4.32. The molecule has 0 saturated carbocycles. The molecule has 0 bridgehead atoms. The number of nitrogens with zero attached hydrogens (tertiary/aromatic N) is 2. The van der Waals surface area contributed by atoms with E-state index in [9.17, 15) is 4.79 Å². The molecule has 1 aromatic heterocycles. The number of aromatic nitrogens is 1. The maximum Gasteiger partial charge on any atom is 0.163 e. The second kappa shape index (κ2) is 8.89. The van der Waals surface area contributed by atoms with Crippen LogP contribution in [0.25, 0.3) is 10.9 Å². The predicted molar refractivity (Wildman–Crippen MR) is 108 cm³/mol. The van der Waals surface area contributed by atoms with Gasteiger partial charge < -0.3 is 9.47 Å². The van der Waals surface area contributed by atoms with Crippen LogP contribution in [0, 0.1) is 11.8 Å². The van der Waals surface area contributed by atoms with Gasteiger partial charge in [0.15, 0.2) is 17.3 Å². The molecule has 1 aromatic carbocycles. The molecule has 0 spiro atoms. The minimum Gasteiger partial charge on any atom is -0.493 e. The van der Waals surface area contributed by atoms with E-state index in [0.717, 1.165) is 43.3 Å². The highest BCUT2D eigenvalue weighted by Gasteiger charge is 2.28. The summed E-state index contributed by atoms with van der Waals surface area (Å²) in [5.74, 6) is 2.48. The van der Waals surface area contributed by atoms with Crippen molar-refractivity contribution in [1.82, 2.24) is 9.40 Å². The molecule has 146 valence electrons. The number of ether oxygens (including phenoxy) is 2. The number of halogens is 1. The van der Waals surface area contributed by atoms with Crippen LogP contribution in [0.1, 0.15) is 43.0 Å². The highest BCUT2D eigenvalue weighted by molar-refractivity contribution is 6.13. The summed E-state index contributed by atoms with van der Waals surface area (Å²) in [6.45, 7) is 4.00. The zero-order valence-corrected chi connectivity index (χ0v) is 17.0. The van der Waals surface area contributed by atoms with Crippen LogP contribution >= 0.6 is 11.8 Å². The Hall–Kier alpha value is -1.85. The standard InChI is InChI=1S/C21H27ClN2O3/c1-4-14-13-24(22)10-8-15(14)5-6-19(25)16-7-9-23-18-12-21(27-3)20(26-2)11-17(16)18/h7,9,11-12,14-15H,4-6,8,10,13H2,1-3H3/t14-,15?/m0/s1. The van der Waals surface area contributed by atoms with E-state index < -0.39 is 0 Å². The van der Waals surface area contributed by atoms with Crippen LogP contribution in [0.4, 0.5) is 0 Å². The van der Waals surface area contributed by atoms with Gasteiger partial charge in [0.2, 0.25) is 0 Å². The molecule has 1 aliphatic heterocycles. The highest BCUT2D eigenvalue weighted by atomic mass is 35.5. The number of Topliss-reactive ketones (excluding diaryl/α,β-unsaturated/α-hetero) is 1. The van der Waals surface area contributed by atoms with Crippen molar-refractivity contribution in [2.45, 2.75) is 32.6 Å². The minimum atomic E-state index is 0.151. The Morgan fingerprint density at radius 1 is 1.26 bits per heavy atom. The normalized spacial score (nSPS) is 20.6. The number of fused-ring (bicyclic) bond motifs is 1. The van der Waals surface area contributed by atoms with Gasteiger partial charge in [-0.1, -0.05) is 13.3 Å². The van der Waals surface area contributed by atoms with Gasteiger partial charge in [-0.05, 0) is 48.6 Å². The van der Waals surface area contributed by atoms with Crippen LogP contribution in [-0.2, 0) is 0 Å². The van der Waals surface area contributed by atoms with E-state index >= 15 is 0 Å². The molecular formula is C21H27ClN2O3. The molecule has 0 radical (unpaired) electrons. The van der Waals surface area contributed by atoms with E-state index in [-0.39, 0.29) is 5.78 Å². The van der Waals surface area contributed by atoms with Crippen LogP contribution in [-0.4, -0.2) is 42.5 Å². The van der Waals surface area contributed by atoms with E-state index in [1.165, 1.54) is 0 Å². The maximum absolute atomic E-state index is 13.0. The summed E-state index contributed by atoms with van der Waals surface area (Å²) in [5, 5.41) is 0.808. The van der Waals surface area contributed by atoms with Gasteiger partial charge in [-0.25, -0.2) is 4.42 Å². The monoisotopic (exact) mass is 390 g/mol. The maximum atomic E-state index is 13.0. The fourth-order valence-electron chi connectivity index (χ4n) is 4.05. The van der Waals surface area contributed by atoms with E-state index in [1.54, 1.807) is 26.5 Å². The first-order valence-electron chi connectivity index (χ1n) is 9.52. The van der Waals surface area contributed by atoms with Crippen LogP contribution in [0.3, 0.4) is 0 Å². The fraction of sp³-hybridized carbons (Fsp3) is 0.524. The second-order valence-electron chi connectivity index (χ2n) is 7.13. The lowest BCUT2D eigenvalue weighted by Crippen LogP contribution is -2.35. The van der Waals surface area contributed by atoms with Gasteiger partial charge in [0.05, 0.1) is 19.7 Å². The van der Waals surface area contributed by atoms with Crippen LogP contribution < -0.4 is 9.47 Å². The first kappa shape index (κ1) is 19.9. The Labute approximate surface area is 165 Å². The number of rotatable bonds is 7. The number of piperidine rings is 1. The van der Waals surface area contributed by atoms with Gasteiger partial charge in [-0.2, -0.15) is 0 Å².